The third-order valence-corrected chi connectivity index (χ3v) is 2.60. The molecule has 0 radical (unpaired) electrons. The molecule has 0 atom stereocenters. The summed E-state index contributed by atoms with van der Waals surface area (Å²) in [5, 5.41) is 2.62. The van der Waals surface area contributed by atoms with Gasteiger partial charge in [-0.2, -0.15) is 0 Å². The molecule has 4 heteroatoms. The Morgan fingerprint density at radius 2 is 1.42 bits per heavy atom. The first kappa shape index (κ1) is 13.2. The molecule has 0 aliphatic carbocycles. The van der Waals surface area contributed by atoms with Crippen LogP contribution < -0.4 is 5.32 Å². The molecule has 0 spiro atoms. The van der Waals surface area contributed by atoms with E-state index >= 15 is 0 Å². The van der Waals surface area contributed by atoms with Gasteiger partial charge in [0.15, 0.2) is 0 Å². The first-order chi connectivity index (χ1) is 8.94. The number of amides is 1. The highest BCUT2D eigenvalue weighted by atomic mass is 19.1. The number of carbonyl (C=O) groups is 1. The summed E-state index contributed by atoms with van der Waals surface area (Å²) in [6.45, 7) is 3.81. The second kappa shape index (κ2) is 5.18. The van der Waals surface area contributed by atoms with Gasteiger partial charge in [0.05, 0.1) is 0 Å². The van der Waals surface area contributed by atoms with E-state index in [-0.39, 0.29) is 5.56 Å². The molecular formula is C15H13F2NO. The number of nitrogens with one attached hydrogen (secondary N) is 1. The number of carbonyl (C=O) groups excluding carboxylic acids is 1. The Morgan fingerprint density at radius 3 is 1.95 bits per heavy atom. The SMILES string of the molecule is Cc1cc(C)cc(NC(=O)c2cc(F)cc(F)c2)c1. The number of rotatable bonds is 2. The lowest BCUT2D eigenvalue weighted by atomic mass is 10.1. The maximum absolute atomic E-state index is 13.0. The van der Waals surface area contributed by atoms with Gasteiger partial charge in [-0.05, 0) is 49.2 Å². The lowest BCUT2D eigenvalue weighted by Gasteiger charge is -2.08. The Bertz CT molecular complexity index is 598. The van der Waals surface area contributed by atoms with Crippen molar-refractivity contribution < 1.29 is 13.6 Å². The minimum Gasteiger partial charge on any atom is -0.322 e. The minimum atomic E-state index is -0.773. The van der Waals surface area contributed by atoms with Crippen molar-refractivity contribution in [3.63, 3.8) is 0 Å². The zero-order valence-corrected chi connectivity index (χ0v) is 10.6. The van der Waals surface area contributed by atoms with E-state index in [9.17, 15) is 13.6 Å². The third-order valence-electron chi connectivity index (χ3n) is 2.60. The third kappa shape index (κ3) is 3.37. The zero-order valence-electron chi connectivity index (χ0n) is 10.6. The summed E-state index contributed by atoms with van der Waals surface area (Å²) >= 11 is 0. The summed E-state index contributed by atoms with van der Waals surface area (Å²) in [6, 6.07) is 8.29. The van der Waals surface area contributed by atoms with Crippen LogP contribution >= 0.6 is 0 Å². The summed E-state index contributed by atoms with van der Waals surface area (Å²) in [7, 11) is 0. The largest absolute Gasteiger partial charge is 0.322 e. The summed E-state index contributed by atoms with van der Waals surface area (Å²) in [5.41, 5.74) is 2.56. The molecule has 0 aliphatic rings. The highest BCUT2D eigenvalue weighted by Gasteiger charge is 2.09. The topological polar surface area (TPSA) is 29.1 Å². The zero-order chi connectivity index (χ0) is 14.0. The number of halogens is 2. The van der Waals surface area contributed by atoms with E-state index in [1.165, 1.54) is 0 Å². The summed E-state index contributed by atoms with van der Waals surface area (Å²) in [4.78, 5) is 11.9. The van der Waals surface area contributed by atoms with Gasteiger partial charge in [0, 0.05) is 17.3 Å². The Morgan fingerprint density at radius 1 is 0.895 bits per heavy atom. The van der Waals surface area contributed by atoms with E-state index < -0.39 is 17.5 Å². The molecule has 0 aliphatic heterocycles. The molecule has 1 amide bonds. The quantitative estimate of drug-likeness (QED) is 0.874. The average molecular weight is 261 g/mol. The number of anilines is 1. The Labute approximate surface area is 110 Å². The van der Waals surface area contributed by atoms with Gasteiger partial charge in [-0.25, -0.2) is 8.78 Å². The van der Waals surface area contributed by atoms with Gasteiger partial charge in [-0.3, -0.25) is 4.79 Å². The standard InChI is InChI=1S/C15H13F2NO/c1-9-3-10(2)5-14(4-9)18-15(19)11-6-12(16)8-13(17)7-11/h3-8H,1-2H3,(H,18,19). The molecule has 2 aromatic rings. The number of aryl methyl sites for hydroxylation is 2. The van der Waals surface area contributed by atoms with Crippen molar-refractivity contribution in [2.75, 3.05) is 5.32 Å². The fourth-order valence-electron chi connectivity index (χ4n) is 1.94. The van der Waals surface area contributed by atoms with Crippen molar-refractivity contribution in [2.24, 2.45) is 0 Å². The van der Waals surface area contributed by atoms with E-state index in [1.54, 1.807) is 12.1 Å². The molecule has 2 nitrogen and oxygen atoms in total. The van der Waals surface area contributed by atoms with Crippen LogP contribution in [0.4, 0.5) is 14.5 Å². The van der Waals surface area contributed by atoms with Gasteiger partial charge < -0.3 is 5.32 Å². The Hall–Kier alpha value is -2.23. The molecular weight excluding hydrogens is 248 g/mol. The van der Waals surface area contributed by atoms with Gasteiger partial charge in [0.1, 0.15) is 11.6 Å². The van der Waals surface area contributed by atoms with Crippen LogP contribution in [0, 0.1) is 25.5 Å². The first-order valence-electron chi connectivity index (χ1n) is 5.80. The van der Waals surface area contributed by atoms with E-state index in [0.29, 0.717) is 5.69 Å². The second-order valence-corrected chi connectivity index (χ2v) is 4.49. The van der Waals surface area contributed by atoms with Crippen molar-refractivity contribution in [2.45, 2.75) is 13.8 Å². The number of hydrogen-bond acceptors (Lipinski definition) is 1. The lowest BCUT2D eigenvalue weighted by molar-refractivity contribution is 0.102. The Kier molecular flexibility index (Phi) is 3.60. The lowest BCUT2D eigenvalue weighted by Crippen LogP contribution is -2.12. The molecule has 0 saturated carbocycles. The molecule has 0 heterocycles. The van der Waals surface area contributed by atoms with Crippen molar-refractivity contribution in [3.05, 3.63) is 64.7 Å². The molecule has 1 N–H and O–H groups in total. The predicted molar refractivity (Wildman–Crippen MR) is 70.2 cm³/mol. The summed E-state index contributed by atoms with van der Waals surface area (Å²) < 4.78 is 26.1. The van der Waals surface area contributed by atoms with Gasteiger partial charge in [-0.1, -0.05) is 6.07 Å². The average Bonchev–Trinajstić information content (AvgIpc) is 2.25. The van der Waals surface area contributed by atoms with Crippen LogP contribution in [0.25, 0.3) is 0 Å². The smallest absolute Gasteiger partial charge is 0.255 e. The predicted octanol–water partition coefficient (Wildman–Crippen LogP) is 3.83. The molecule has 0 fully saturated rings. The van der Waals surface area contributed by atoms with Gasteiger partial charge in [0.2, 0.25) is 0 Å². The number of benzene rings is 2. The van der Waals surface area contributed by atoms with Crippen LogP contribution in [-0.2, 0) is 0 Å². The van der Waals surface area contributed by atoms with Gasteiger partial charge >= 0.3 is 0 Å². The minimum absolute atomic E-state index is 0.0448. The van der Waals surface area contributed by atoms with E-state index in [1.807, 2.05) is 19.9 Å². The summed E-state index contributed by atoms with van der Waals surface area (Å²) in [6.07, 6.45) is 0. The highest BCUT2D eigenvalue weighted by Crippen LogP contribution is 2.16. The number of hydrogen-bond donors (Lipinski definition) is 1. The van der Waals surface area contributed by atoms with Crippen molar-refractivity contribution >= 4 is 11.6 Å². The molecule has 19 heavy (non-hydrogen) atoms. The molecule has 0 unspecified atom stereocenters. The Balaban J connectivity index is 2.25. The molecule has 98 valence electrons. The van der Waals surface area contributed by atoms with Crippen molar-refractivity contribution in [1.82, 2.24) is 0 Å². The van der Waals surface area contributed by atoms with Crippen LogP contribution in [0.15, 0.2) is 36.4 Å². The molecule has 0 saturated heterocycles. The summed E-state index contributed by atoms with van der Waals surface area (Å²) in [5.74, 6) is -2.08. The van der Waals surface area contributed by atoms with Crippen LogP contribution in [0.5, 0.6) is 0 Å². The fourth-order valence-corrected chi connectivity index (χ4v) is 1.94. The monoisotopic (exact) mass is 261 g/mol. The van der Waals surface area contributed by atoms with Crippen molar-refractivity contribution in [1.29, 1.82) is 0 Å². The van der Waals surface area contributed by atoms with Crippen LogP contribution in [0.1, 0.15) is 21.5 Å². The van der Waals surface area contributed by atoms with Crippen LogP contribution in [0.2, 0.25) is 0 Å². The highest BCUT2D eigenvalue weighted by molar-refractivity contribution is 6.04. The second-order valence-electron chi connectivity index (χ2n) is 4.49. The van der Waals surface area contributed by atoms with Crippen molar-refractivity contribution in [3.8, 4) is 0 Å². The maximum atomic E-state index is 13.0. The van der Waals surface area contributed by atoms with E-state index in [0.717, 1.165) is 29.3 Å². The van der Waals surface area contributed by atoms with E-state index in [4.69, 9.17) is 0 Å². The first-order valence-corrected chi connectivity index (χ1v) is 5.80. The van der Waals surface area contributed by atoms with Crippen LogP contribution in [0.3, 0.4) is 0 Å². The fraction of sp³-hybridized carbons (Fsp3) is 0.133. The molecule has 0 bridgehead atoms. The van der Waals surface area contributed by atoms with E-state index in [2.05, 4.69) is 5.32 Å². The van der Waals surface area contributed by atoms with Crippen LogP contribution in [-0.4, -0.2) is 5.91 Å². The van der Waals surface area contributed by atoms with Gasteiger partial charge in [0.25, 0.3) is 5.91 Å². The molecule has 2 rings (SSSR count). The van der Waals surface area contributed by atoms with Gasteiger partial charge in [-0.15, -0.1) is 0 Å². The maximum Gasteiger partial charge on any atom is 0.255 e. The molecule has 0 aromatic heterocycles. The molecule has 2 aromatic carbocycles. The normalized spacial score (nSPS) is 10.3.